The smallest absolute Gasteiger partial charge is 0.141 e. The molecule has 0 amide bonds. The summed E-state index contributed by atoms with van der Waals surface area (Å²) in [6.07, 6.45) is 11.7. The minimum Gasteiger partial charge on any atom is -0.396 e. The molecule has 1 unspecified atom stereocenters. The van der Waals surface area contributed by atoms with E-state index < -0.39 is 5.82 Å². The first-order chi connectivity index (χ1) is 17.0. The molecule has 4 rings (SSSR count). The second kappa shape index (κ2) is 11.8. The molecule has 4 heteroatoms. The van der Waals surface area contributed by atoms with Crippen LogP contribution in [0.4, 0.5) is 4.39 Å². The van der Waals surface area contributed by atoms with Crippen LogP contribution in [0.1, 0.15) is 80.0 Å². The van der Waals surface area contributed by atoms with Crippen LogP contribution in [0, 0.1) is 35.9 Å². The number of nitrogens with two attached hydrogens (primary N) is 1. The number of hydrogen-bond acceptors (Lipinski definition) is 3. The van der Waals surface area contributed by atoms with Crippen molar-refractivity contribution in [3.63, 3.8) is 0 Å². The Morgan fingerprint density at radius 3 is 2.34 bits per heavy atom. The lowest BCUT2D eigenvalue weighted by Gasteiger charge is -2.32. The summed E-state index contributed by atoms with van der Waals surface area (Å²) in [5, 5.41) is 19.1. The van der Waals surface area contributed by atoms with Gasteiger partial charge in [-0.15, -0.1) is 0 Å². The Hall–Kier alpha value is -2.74. The van der Waals surface area contributed by atoms with Crippen molar-refractivity contribution in [1.82, 2.24) is 0 Å². The van der Waals surface area contributed by atoms with E-state index in [4.69, 9.17) is 5.73 Å². The molecule has 0 aromatic heterocycles. The van der Waals surface area contributed by atoms with Gasteiger partial charge in [-0.3, -0.25) is 0 Å². The Labute approximate surface area is 209 Å². The van der Waals surface area contributed by atoms with E-state index in [-0.39, 0.29) is 18.1 Å². The Balaban J connectivity index is 1.75. The number of hydrogen-bond donors (Lipinski definition) is 2. The predicted molar refractivity (Wildman–Crippen MR) is 141 cm³/mol. The topological polar surface area (TPSA) is 70.0 Å². The molecule has 0 radical (unpaired) electrons. The van der Waals surface area contributed by atoms with E-state index in [0.29, 0.717) is 12.0 Å². The van der Waals surface area contributed by atoms with Gasteiger partial charge in [-0.2, -0.15) is 5.26 Å². The fourth-order valence-corrected chi connectivity index (χ4v) is 5.77. The Kier molecular flexibility index (Phi) is 8.55. The van der Waals surface area contributed by atoms with E-state index in [1.165, 1.54) is 48.5 Å². The molecule has 2 aliphatic carbocycles. The van der Waals surface area contributed by atoms with E-state index in [0.717, 1.165) is 48.8 Å². The first kappa shape index (κ1) is 25.4. The number of benzene rings is 2. The third-order valence-electron chi connectivity index (χ3n) is 7.81. The maximum absolute atomic E-state index is 14.7. The van der Waals surface area contributed by atoms with Crippen molar-refractivity contribution in [1.29, 1.82) is 5.26 Å². The van der Waals surface area contributed by atoms with Gasteiger partial charge in [0.2, 0.25) is 0 Å². The minimum atomic E-state index is -0.482. The molecular weight excluding hydrogens is 435 g/mol. The van der Waals surface area contributed by atoms with Crippen molar-refractivity contribution in [3.05, 3.63) is 82.2 Å². The van der Waals surface area contributed by atoms with Gasteiger partial charge in [0.25, 0.3) is 0 Å². The highest BCUT2D eigenvalue weighted by Gasteiger charge is 2.27. The van der Waals surface area contributed by atoms with E-state index in [9.17, 15) is 14.8 Å². The summed E-state index contributed by atoms with van der Waals surface area (Å²) in [4.78, 5) is 0. The van der Waals surface area contributed by atoms with Crippen LogP contribution in [-0.2, 0) is 0 Å². The van der Waals surface area contributed by atoms with Crippen molar-refractivity contribution in [2.24, 2.45) is 17.6 Å². The number of halogens is 1. The predicted octanol–water partition coefficient (Wildman–Crippen LogP) is 6.93. The molecule has 1 atom stereocenters. The summed E-state index contributed by atoms with van der Waals surface area (Å²) >= 11 is 0. The number of allylic oxidation sites excluding steroid dienone is 4. The van der Waals surface area contributed by atoms with Crippen molar-refractivity contribution in [3.8, 4) is 6.07 Å². The molecule has 0 spiro atoms. The third kappa shape index (κ3) is 6.28. The van der Waals surface area contributed by atoms with E-state index >= 15 is 0 Å². The molecule has 3 nitrogen and oxygen atoms in total. The van der Waals surface area contributed by atoms with Crippen LogP contribution in [-0.4, -0.2) is 17.8 Å². The third-order valence-corrected chi connectivity index (χ3v) is 7.81. The average molecular weight is 473 g/mol. The number of rotatable bonds is 6. The highest BCUT2D eigenvalue weighted by molar-refractivity contribution is 5.97. The summed E-state index contributed by atoms with van der Waals surface area (Å²) in [6.45, 7) is 2.23. The molecule has 3 N–H and O–H groups in total. The molecule has 0 heterocycles. The molecule has 0 saturated heterocycles. The van der Waals surface area contributed by atoms with Crippen molar-refractivity contribution in [2.75, 3.05) is 6.61 Å². The highest BCUT2D eigenvalue weighted by atomic mass is 19.1. The van der Waals surface area contributed by atoms with E-state index in [2.05, 4.69) is 37.3 Å². The molecule has 2 aromatic carbocycles. The van der Waals surface area contributed by atoms with Gasteiger partial charge in [-0.05, 0) is 85.3 Å². The maximum Gasteiger partial charge on any atom is 0.141 e. The molecular formula is C31H37FN2O. The van der Waals surface area contributed by atoms with Crippen LogP contribution in [0.5, 0.6) is 0 Å². The zero-order chi connectivity index (χ0) is 24.8. The van der Waals surface area contributed by atoms with Gasteiger partial charge in [-0.25, -0.2) is 4.39 Å². The summed E-state index contributed by atoms with van der Waals surface area (Å²) < 4.78 is 14.7. The lowest BCUT2D eigenvalue weighted by atomic mass is 9.73. The largest absolute Gasteiger partial charge is 0.396 e. The van der Waals surface area contributed by atoms with Crippen molar-refractivity contribution < 1.29 is 9.50 Å². The SMILES string of the molecule is Cc1ccc(C2=C(c3ccc(C#N)c(F)c3)C=C(CC3CCCC(N)CCC3)C(CCO)C2)cc1. The van der Waals surface area contributed by atoms with Gasteiger partial charge in [0.05, 0.1) is 5.56 Å². The lowest BCUT2D eigenvalue weighted by molar-refractivity contribution is 0.262. The van der Waals surface area contributed by atoms with E-state index in [1.54, 1.807) is 6.07 Å². The number of nitriles is 1. The van der Waals surface area contributed by atoms with Gasteiger partial charge in [0.15, 0.2) is 0 Å². The minimum absolute atomic E-state index is 0.0668. The van der Waals surface area contributed by atoms with E-state index in [1.807, 2.05) is 12.1 Å². The summed E-state index contributed by atoms with van der Waals surface area (Å²) in [7, 11) is 0. The molecule has 1 fully saturated rings. The zero-order valence-electron chi connectivity index (χ0n) is 20.8. The molecule has 2 aliphatic rings. The monoisotopic (exact) mass is 472 g/mol. The quantitative estimate of drug-likeness (QED) is 0.479. The van der Waals surface area contributed by atoms with Gasteiger partial charge in [-0.1, -0.05) is 73.2 Å². The van der Waals surface area contributed by atoms with Crippen LogP contribution in [0.15, 0.2) is 54.1 Å². The first-order valence-electron chi connectivity index (χ1n) is 13.1. The standard InChI is InChI=1S/C31H37FN2O/c1-21-8-10-23(11-9-21)29-17-24(14-15-35)27(16-22-4-2-6-28(34)7-3-5-22)18-30(29)25-12-13-26(20-33)31(32)19-25/h8-13,18-19,22,24,28,35H,2-7,14-17,34H2,1H3. The molecule has 0 bridgehead atoms. The molecule has 0 aliphatic heterocycles. The summed E-state index contributed by atoms with van der Waals surface area (Å²) in [6, 6.07) is 15.7. The zero-order valence-corrected chi connectivity index (χ0v) is 20.8. The second-order valence-electron chi connectivity index (χ2n) is 10.4. The first-order valence-corrected chi connectivity index (χ1v) is 13.1. The van der Waals surface area contributed by atoms with Gasteiger partial charge in [0.1, 0.15) is 11.9 Å². The Morgan fingerprint density at radius 1 is 1.03 bits per heavy atom. The van der Waals surface area contributed by atoms with Crippen molar-refractivity contribution >= 4 is 11.1 Å². The number of aliphatic hydroxyl groups is 1. The van der Waals surface area contributed by atoms with Crippen LogP contribution >= 0.6 is 0 Å². The summed E-state index contributed by atoms with van der Waals surface area (Å²) in [5.41, 5.74) is 13.0. The second-order valence-corrected chi connectivity index (χ2v) is 10.4. The molecule has 184 valence electrons. The number of aliphatic hydroxyl groups excluding tert-OH is 1. The van der Waals surface area contributed by atoms with Gasteiger partial charge in [0, 0.05) is 12.6 Å². The van der Waals surface area contributed by atoms with Gasteiger partial charge >= 0.3 is 0 Å². The normalized spacial score (nSPS) is 23.3. The average Bonchev–Trinajstić information content (AvgIpc) is 2.84. The highest BCUT2D eigenvalue weighted by Crippen LogP contribution is 2.44. The maximum atomic E-state index is 14.7. The summed E-state index contributed by atoms with van der Waals surface area (Å²) in [5.74, 6) is 0.412. The fraction of sp³-hybridized carbons (Fsp3) is 0.452. The number of aryl methyl sites for hydroxylation is 1. The Bertz CT molecular complexity index is 1120. The lowest BCUT2D eigenvalue weighted by Crippen LogP contribution is -2.23. The van der Waals surface area contributed by atoms with Crippen LogP contribution in [0.25, 0.3) is 11.1 Å². The molecule has 35 heavy (non-hydrogen) atoms. The fourth-order valence-electron chi connectivity index (χ4n) is 5.77. The van der Waals surface area contributed by atoms with Crippen molar-refractivity contribution in [2.45, 2.75) is 70.8 Å². The van der Waals surface area contributed by atoms with Gasteiger partial charge < -0.3 is 10.8 Å². The Morgan fingerprint density at radius 2 is 1.71 bits per heavy atom. The number of nitrogens with zero attached hydrogens (tertiary/aromatic N) is 1. The molecule has 2 aromatic rings. The van der Waals surface area contributed by atoms with Crippen LogP contribution in [0.3, 0.4) is 0 Å². The van der Waals surface area contributed by atoms with Crippen LogP contribution in [0.2, 0.25) is 0 Å². The molecule has 1 saturated carbocycles. The van der Waals surface area contributed by atoms with Crippen LogP contribution < -0.4 is 5.73 Å².